The van der Waals surface area contributed by atoms with Crippen molar-refractivity contribution in [1.82, 2.24) is 0 Å². The van der Waals surface area contributed by atoms with E-state index in [1.54, 1.807) is 0 Å². The lowest BCUT2D eigenvalue weighted by Gasteiger charge is -2.03. The van der Waals surface area contributed by atoms with E-state index in [1.165, 1.54) is 44.2 Å². The summed E-state index contributed by atoms with van der Waals surface area (Å²) in [5, 5.41) is 2.53. The summed E-state index contributed by atoms with van der Waals surface area (Å²) in [5.41, 5.74) is 7.46. The maximum absolute atomic E-state index is 2.26. The molecule has 0 unspecified atom stereocenters. The Morgan fingerprint density at radius 1 is 0.429 bits per heavy atom. The molecule has 0 N–H and O–H groups in total. The van der Waals surface area contributed by atoms with Gasteiger partial charge in [-0.3, -0.25) is 0 Å². The van der Waals surface area contributed by atoms with Crippen LogP contribution >= 0.6 is 0 Å². The molecule has 0 bridgehead atoms. The normalized spacial score (nSPS) is 11.6. The van der Waals surface area contributed by atoms with Crippen molar-refractivity contribution in [3.05, 3.63) is 118 Å². The fourth-order valence-electron chi connectivity index (χ4n) is 3.42. The van der Waals surface area contributed by atoms with Gasteiger partial charge in [-0.05, 0) is 59.0 Å². The van der Waals surface area contributed by atoms with Crippen molar-refractivity contribution in [1.29, 1.82) is 0 Å². The van der Waals surface area contributed by atoms with E-state index < -0.39 is 0 Å². The Morgan fingerprint density at radius 3 is 1.29 bits per heavy atom. The Balaban J connectivity index is 1.60. The Morgan fingerprint density at radius 2 is 0.857 bits per heavy atom. The molecule has 28 heavy (non-hydrogen) atoms. The van der Waals surface area contributed by atoms with Gasteiger partial charge in [-0.15, -0.1) is 0 Å². The van der Waals surface area contributed by atoms with E-state index in [0.717, 1.165) is 0 Å². The highest BCUT2D eigenvalue weighted by molar-refractivity contribution is 5.88. The summed E-state index contributed by atoms with van der Waals surface area (Å²) in [5.74, 6) is 0. The van der Waals surface area contributed by atoms with E-state index in [4.69, 9.17) is 0 Å². The van der Waals surface area contributed by atoms with E-state index in [2.05, 4.69) is 123 Å². The molecule has 0 amide bonds. The molecule has 0 aliphatic rings. The number of hydrogen-bond donors (Lipinski definition) is 0. The first-order valence-corrected chi connectivity index (χ1v) is 9.69. The highest BCUT2D eigenvalue weighted by Crippen LogP contribution is 2.21. The van der Waals surface area contributed by atoms with Gasteiger partial charge in [0.2, 0.25) is 0 Å². The minimum absolute atomic E-state index is 1.22. The predicted octanol–water partition coefficient (Wildman–Crippen LogP) is 7.80. The summed E-state index contributed by atoms with van der Waals surface area (Å²) in [4.78, 5) is 0. The maximum atomic E-state index is 2.26. The lowest BCUT2D eigenvalue weighted by molar-refractivity contribution is 1.46. The SMILES string of the molecule is Cc1cccc(C=Cc2ccc3ccc(C=Cc4cccc(C)c4)cc3c2)c1. The summed E-state index contributed by atoms with van der Waals surface area (Å²) < 4.78 is 0. The van der Waals surface area contributed by atoms with Crippen LogP contribution in [-0.4, -0.2) is 0 Å². The van der Waals surface area contributed by atoms with Crippen molar-refractivity contribution in [2.45, 2.75) is 13.8 Å². The standard InChI is InChI=1S/C28H24/c1-21-5-3-7-23(17-21)9-11-25-13-15-27-16-14-26(20-28(27)19-25)12-10-24-8-4-6-22(2)18-24/h3-20H,1-2H3. The Hall–Kier alpha value is -3.38. The van der Waals surface area contributed by atoms with Crippen LogP contribution in [0.5, 0.6) is 0 Å². The molecule has 0 nitrogen and oxygen atoms in total. The van der Waals surface area contributed by atoms with E-state index in [-0.39, 0.29) is 0 Å². The quantitative estimate of drug-likeness (QED) is 0.326. The number of hydrogen-bond acceptors (Lipinski definition) is 0. The second-order valence-corrected chi connectivity index (χ2v) is 7.36. The van der Waals surface area contributed by atoms with Gasteiger partial charge in [-0.25, -0.2) is 0 Å². The molecule has 0 aliphatic heterocycles. The fourth-order valence-corrected chi connectivity index (χ4v) is 3.42. The molecule has 4 aromatic carbocycles. The van der Waals surface area contributed by atoms with Crippen LogP contribution in [0.3, 0.4) is 0 Å². The van der Waals surface area contributed by atoms with Crippen LogP contribution in [0.2, 0.25) is 0 Å². The molecule has 0 atom stereocenters. The Labute approximate surface area is 167 Å². The van der Waals surface area contributed by atoms with E-state index in [9.17, 15) is 0 Å². The molecule has 4 aromatic rings. The van der Waals surface area contributed by atoms with Crippen molar-refractivity contribution < 1.29 is 0 Å². The summed E-state index contributed by atoms with van der Waals surface area (Å²) >= 11 is 0. The molecule has 0 heterocycles. The second kappa shape index (κ2) is 8.10. The zero-order valence-corrected chi connectivity index (χ0v) is 16.4. The van der Waals surface area contributed by atoms with E-state index in [1.807, 2.05) is 0 Å². The van der Waals surface area contributed by atoms with Crippen LogP contribution in [-0.2, 0) is 0 Å². The zero-order valence-electron chi connectivity index (χ0n) is 16.4. The van der Waals surface area contributed by atoms with Crippen molar-refractivity contribution in [3.8, 4) is 0 Å². The predicted molar refractivity (Wildman–Crippen MR) is 124 cm³/mol. The maximum Gasteiger partial charge on any atom is -0.0172 e. The first kappa shape index (κ1) is 18.0. The minimum Gasteiger partial charge on any atom is -0.0614 e. The number of benzene rings is 4. The molecular weight excluding hydrogens is 336 g/mol. The van der Waals surface area contributed by atoms with Gasteiger partial charge in [0.1, 0.15) is 0 Å². The lowest BCUT2D eigenvalue weighted by atomic mass is 10.0. The second-order valence-electron chi connectivity index (χ2n) is 7.36. The molecule has 0 aliphatic carbocycles. The Bertz CT molecular complexity index is 1090. The van der Waals surface area contributed by atoms with Gasteiger partial charge < -0.3 is 0 Å². The minimum atomic E-state index is 1.22. The smallest absolute Gasteiger partial charge is 0.0172 e. The molecule has 0 heteroatoms. The topological polar surface area (TPSA) is 0 Å². The van der Waals surface area contributed by atoms with E-state index in [0.29, 0.717) is 0 Å². The first-order chi connectivity index (χ1) is 13.7. The van der Waals surface area contributed by atoms with E-state index >= 15 is 0 Å². The van der Waals surface area contributed by atoms with Crippen LogP contribution in [0, 0.1) is 13.8 Å². The molecule has 0 saturated heterocycles. The molecule has 4 rings (SSSR count). The lowest BCUT2D eigenvalue weighted by Crippen LogP contribution is -1.79. The largest absolute Gasteiger partial charge is 0.0614 e. The fraction of sp³-hybridized carbons (Fsp3) is 0.0714. The molecule has 0 fully saturated rings. The molecular formula is C28H24. The molecule has 0 saturated carbocycles. The third kappa shape index (κ3) is 4.47. The van der Waals surface area contributed by atoms with Crippen LogP contribution < -0.4 is 0 Å². The van der Waals surface area contributed by atoms with Gasteiger partial charge in [0.05, 0.1) is 0 Å². The van der Waals surface area contributed by atoms with Crippen molar-refractivity contribution in [2.75, 3.05) is 0 Å². The number of aryl methyl sites for hydroxylation is 2. The number of fused-ring (bicyclic) bond motifs is 1. The van der Waals surface area contributed by atoms with Crippen LogP contribution in [0.15, 0.2) is 84.9 Å². The number of rotatable bonds is 4. The van der Waals surface area contributed by atoms with Gasteiger partial charge in [0.25, 0.3) is 0 Å². The average Bonchev–Trinajstić information content (AvgIpc) is 2.70. The third-order valence-electron chi connectivity index (χ3n) is 4.91. The van der Waals surface area contributed by atoms with Crippen LogP contribution in [0.25, 0.3) is 35.1 Å². The van der Waals surface area contributed by atoms with Crippen LogP contribution in [0.4, 0.5) is 0 Å². The summed E-state index contributed by atoms with van der Waals surface area (Å²) in [7, 11) is 0. The molecule has 0 radical (unpaired) electrons. The van der Waals surface area contributed by atoms with Gasteiger partial charge >= 0.3 is 0 Å². The average molecular weight is 361 g/mol. The van der Waals surface area contributed by atoms with Crippen LogP contribution in [0.1, 0.15) is 33.4 Å². The third-order valence-corrected chi connectivity index (χ3v) is 4.91. The summed E-state index contributed by atoms with van der Waals surface area (Å²) in [6.45, 7) is 4.25. The van der Waals surface area contributed by atoms with Gasteiger partial charge in [0.15, 0.2) is 0 Å². The molecule has 136 valence electrons. The van der Waals surface area contributed by atoms with Crippen molar-refractivity contribution in [2.24, 2.45) is 0 Å². The Kier molecular flexibility index (Phi) is 5.21. The molecule has 0 spiro atoms. The first-order valence-electron chi connectivity index (χ1n) is 9.69. The summed E-state index contributed by atoms with van der Waals surface area (Å²) in [6, 6.07) is 30.4. The molecule has 0 aromatic heterocycles. The van der Waals surface area contributed by atoms with Gasteiger partial charge in [-0.1, -0.05) is 108 Å². The van der Waals surface area contributed by atoms with Gasteiger partial charge in [-0.2, -0.15) is 0 Å². The van der Waals surface area contributed by atoms with Gasteiger partial charge in [0, 0.05) is 0 Å². The summed E-state index contributed by atoms with van der Waals surface area (Å²) in [6.07, 6.45) is 8.72. The van der Waals surface area contributed by atoms with Crippen molar-refractivity contribution >= 4 is 35.1 Å². The highest BCUT2D eigenvalue weighted by atomic mass is 14.0. The highest BCUT2D eigenvalue weighted by Gasteiger charge is 1.97. The zero-order chi connectivity index (χ0) is 19.3. The monoisotopic (exact) mass is 360 g/mol. The van der Waals surface area contributed by atoms with Crippen molar-refractivity contribution in [3.63, 3.8) is 0 Å².